The van der Waals surface area contributed by atoms with E-state index in [-0.39, 0.29) is 4.90 Å². The first kappa shape index (κ1) is 18.3. The van der Waals surface area contributed by atoms with E-state index in [1.54, 1.807) is 48.0 Å². The Hall–Kier alpha value is -2.51. The minimum atomic E-state index is -4.03. The molecule has 0 spiro atoms. The number of aromatic nitrogens is 1. The summed E-state index contributed by atoms with van der Waals surface area (Å²) in [5.74, 6) is -0.340. The Morgan fingerprint density at radius 3 is 2.50 bits per heavy atom. The van der Waals surface area contributed by atoms with E-state index in [2.05, 4.69) is 4.72 Å². The number of ether oxygens (including phenoxy) is 1. The van der Waals surface area contributed by atoms with Crippen molar-refractivity contribution >= 4 is 38.4 Å². The fourth-order valence-corrected chi connectivity index (χ4v) is 3.99. The highest BCUT2D eigenvalue weighted by Gasteiger charge is 2.26. The largest absolute Gasteiger partial charge is 0.481 e. The lowest BCUT2D eigenvalue weighted by atomic mass is 10.2. The fraction of sp³-hybridized carbons (Fsp3) is 0.167. The van der Waals surface area contributed by atoms with E-state index in [4.69, 9.17) is 16.3 Å². The highest BCUT2D eigenvalue weighted by atomic mass is 35.5. The number of amides is 1. The number of fused-ring (bicyclic) bond motifs is 1. The number of sulfonamides is 1. The summed E-state index contributed by atoms with van der Waals surface area (Å²) in [6.07, 6.45) is 0.478. The lowest BCUT2D eigenvalue weighted by molar-refractivity contribution is -0.125. The second-order valence-electron chi connectivity index (χ2n) is 5.81. The number of benzene rings is 2. The summed E-state index contributed by atoms with van der Waals surface area (Å²) in [4.78, 5) is 12.3. The summed E-state index contributed by atoms with van der Waals surface area (Å²) < 4.78 is 34.5. The molecule has 2 aromatic carbocycles. The minimum Gasteiger partial charge on any atom is -0.481 e. The number of hydrogen-bond acceptors (Lipinski definition) is 4. The van der Waals surface area contributed by atoms with E-state index in [0.29, 0.717) is 16.2 Å². The predicted octanol–water partition coefficient (Wildman–Crippen LogP) is 3.10. The molecule has 1 N–H and O–H groups in total. The van der Waals surface area contributed by atoms with Gasteiger partial charge in [-0.3, -0.25) is 4.79 Å². The summed E-state index contributed by atoms with van der Waals surface area (Å²) in [5.41, 5.74) is 0.755. The topological polar surface area (TPSA) is 77.4 Å². The molecule has 6 nitrogen and oxygen atoms in total. The Morgan fingerprint density at radius 1 is 1.15 bits per heavy atom. The maximum atomic E-state index is 12.7. The van der Waals surface area contributed by atoms with E-state index in [1.165, 1.54) is 13.1 Å². The lowest BCUT2D eigenvalue weighted by Gasteiger charge is -2.14. The zero-order chi connectivity index (χ0) is 18.9. The highest BCUT2D eigenvalue weighted by molar-refractivity contribution is 7.90. The van der Waals surface area contributed by atoms with Gasteiger partial charge in [-0.05, 0) is 37.3 Å². The molecular weight excluding hydrogens is 376 g/mol. The molecule has 136 valence electrons. The number of carbonyl (C=O) groups is 1. The molecular formula is C18H17ClN2O4S. The monoisotopic (exact) mass is 392 g/mol. The van der Waals surface area contributed by atoms with Gasteiger partial charge in [0.05, 0.1) is 0 Å². The van der Waals surface area contributed by atoms with Crippen LogP contribution < -0.4 is 9.46 Å². The molecule has 0 aliphatic carbocycles. The Bertz CT molecular complexity index is 1060. The fourth-order valence-electron chi connectivity index (χ4n) is 2.56. The standard InChI is InChI=1S/C18H17ClN2O4S/c1-12(25-14-9-7-13(19)8-10-14)18(22)20-26(23,24)17-11-21(2)16-6-4-3-5-15(16)17/h3-12H,1-2H3,(H,20,22). The van der Waals surface area contributed by atoms with Crippen molar-refractivity contribution in [2.75, 3.05) is 0 Å². The summed E-state index contributed by atoms with van der Waals surface area (Å²) >= 11 is 5.80. The van der Waals surface area contributed by atoms with Crippen LogP contribution in [0.4, 0.5) is 0 Å². The van der Waals surface area contributed by atoms with Crippen LogP contribution in [0.2, 0.25) is 5.02 Å². The molecule has 3 rings (SSSR count). The number of carbonyl (C=O) groups excluding carboxylic acids is 1. The van der Waals surface area contributed by atoms with Crippen LogP contribution >= 0.6 is 11.6 Å². The number of aryl methyl sites for hydroxylation is 1. The molecule has 0 saturated carbocycles. The van der Waals surface area contributed by atoms with Crippen LogP contribution in [0.1, 0.15) is 6.92 Å². The van der Waals surface area contributed by atoms with Gasteiger partial charge in [-0.15, -0.1) is 0 Å². The van der Waals surface area contributed by atoms with Gasteiger partial charge in [0.15, 0.2) is 6.10 Å². The van der Waals surface area contributed by atoms with Crippen LogP contribution in [-0.2, 0) is 21.9 Å². The maximum absolute atomic E-state index is 12.7. The second kappa shape index (κ2) is 7.01. The lowest BCUT2D eigenvalue weighted by Crippen LogP contribution is -2.39. The third-order valence-electron chi connectivity index (χ3n) is 3.88. The van der Waals surface area contributed by atoms with Gasteiger partial charge in [0.2, 0.25) is 0 Å². The first-order valence-corrected chi connectivity index (χ1v) is 9.67. The molecule has 8 heteroatoms. The minimum absolute atomic E-state index is 0.0441. The number of halogens is 1. The summed E-state index contributed by atoms with van der Waals surface area (Å²) in [6.45, 7) is 1.47. The molecule has 1 amide bonds. The van der Waals surface area contributed by atoms with Crippen molar-refractivity contribution in [3.8, 4) is 5.75 Å². The maximum Gasteiger partial charge on any atom is 0.274 e. The summed E-state index contributed by atoms with van der Waals surface area (Å²) in [5, 5.41) is 1.08. The molecule has 0 saturated heterocycles. The Balaban J connectivity index is 1.79. The van der Waals surface area contributed by atoms with Crippen molar-refractivity contribution in [3.05, 3.63) is 59.8 Å². The predicted molar refractivity (Wildman–Crippen MR) is 99.8 cm³/mol. The highest BCUT2D eigenvalue weighted by Crippen LogP contribution is 2.24. The van der Waals surface area contributed by atoms with Crippen molar-refractivity contribution in [1.82, 2.24) is 9.29 Å². The van der Waals surface area contributed by atoms with E-state index in [0.717, 1.165) is 5.52 Å². The molecule has 0 radical (unpaired) electrons. The molecule has 0 aliphatic heterocycles. The molecule has 0 aliphatic rings. The van der Waals surface area contributed by atoms with Crippen LogP contribution in [0.5, 0.6) is 5.75 Å². The van der Waals surface area contributed by atoms with E-state index >= 15 is 0 Å². The van der Waals surface area contributed by atoms with E-state index < -0.39 is 22.0 Å². The third kappa shape index (κ3) is 3.68. The quantitative estimate of drug-likeness (QED) is 0.723. The Morgan fingerprint density at radius 2 is 1.81 bits per heavy atom. The van der Waals surface area contributed by atoms with Crippen LogP contribution in [-0.4, -0.2) is 25.0 Å². The molecule has 0 bridgehead atoms. The average molecular weight is 393 g/mol. The molecule has 1 unspecified atom stereocenters. The SMILES string of the molecule is CC(Oc1ccc(Cl)cc1)C(=O)NS(=O)(=O)c1cn(C)c2ccccc12. The van der Waals surface area contributed by atoms with Gasteiger partial charge in [-0.1, -0.05) is 29.8 Å². The van der Waals surface area contributed by atoms with Gasteiger partial charge in [0.25, 0.3) is 15.9 Å². The zero-order valence-electron chi connectivity index (χ0n) is 14.1. The molecule has 26 heavy (non-hydrogen) atoms. The number of rotatable bonds is 5. The van der Waals surface area contributed by atoms with Gasteiger partial charge < -0.3 is 9.30 Å². The normalized spacial score (nSPS) is 12.7. The van der Waals surface area contributed by atoms with E-state index in [9.17, 15) is 13.2 Å². The summed E-state index contributed by atoms with van der Waals surface area (Å²) in [6, 6.07) is 13.5. The summed E-state index contributed by atoms with van der Waals surface area (Å²) in [7, 11) is -2.29. The van der Waals surface area contributed by atoms with Crippen molar-refractivity contribution in [3.63, 3.8) is 0 Å². The first-order valence-electron chi connectivity index (χ1n) is 7.81. The van der Waals surface area contributed by atoms with Crippen LogP contribution in [0.3, 0.4) is 0 Å². The third-order valence-corrected chi connectivity index (χ3v) is 5.51. The van der Waals surface area contributed by atoms with Crippen molar-refractivity contribution in [1.29, 1.82) is 0 Å². The molecule has 1 atom stereocenters. The van der Waals surface area contributed by atoms with Gasteiger partial charge in [-0.2, -0.15) is 0 Å². The smallest absolute Gasteiger partial charge is 0.274 e. The average Bonchev–Trinajstić information content (AvgIpc) is 2.95. The second-order valence-corrected chi connectivity index (χ2v) is 7.89. The van der Waals surface area contributed by atoms with Gasteiger partial charge in [0.1, 0.15) is 10.6 Å². The number of nitrogens with one attached hydrogen (secondary N) is 1. The van der Waals surface area contributed by atoms with Crippen molar-refractivity contribution in [2.24, 2.45) is 7.05 Å². The molecule has 0 fully saturated rings. The zero-order valence-corrected chi connectivity index (χ0v) is 15.7. The van der Waals surface area contributed by atoms with Crippen LogP contribution in [0, 0.1) is 0 Å². The van der Waals surface area contributed by atoms with Gasteiger partial charge in [0, 0.05) is 29.2 Å². The first-order chi connectivity index (χ1) is 12.3. The molecule has 1 heterocycles. The van der Waals surface area contributed by atoms with Crippen LogP contribution in [0.25, 0.3) is 10.9 Å². The Labute approximate surface area is 156 Å². The number of para-hydroxylation sites is 1. The van der Waals surface area contributed by atoms with Gasteiger partial charge >= 0.3 is 0 Å². The van der Waals surface area contributed by atoms with Gasteiger partial charge in [-0.25, -0.2) is 13.1 Å². The van der Waals surface area contributed by atoms with Crippen molar-refractivity contribution < 1.29 is 17.9 Å². The number of hydrogen-bond donors (Lipinski definition) is 1. The molecule has 3 aromatic rings. The van der Waals surface area contributed by atoms with E-state index in [1.807, 2.05) is 12.1 Å². The molecule has 1 aromatic heterocycles. The van der Waals surface area contributed by atoms with Crippen LogP contribution in [0.15, 0.2) is 59.6 Å². The Kier molecular flexibility index (Phi) is 4.93. The number of nitrogens with zero attached hydrogens (tertiary/aromatic N) is 1. The van der Waals surface area contributed by atoms with Crippen molar-refractivity contribution in [2.45, 2.75) is 17.9 Å².